The Labute approximate surface area is 164 Å². The second kappa shape index (κ2) is 13.5. The van der Waals surface area contributed by atoms with Crippen molar-refractivity contribution in [2.45, 2.75) is 59.5 Å². The van der Waals surface area contributed by atoms with Crippen LogP contribution in [0.2, 0.25) is 0 Å². The summed E-state index contributed by atoms with van der Waals surface area (Å²) in [6.45, 7) is 14.7. The van der Waals surface area contributed by atoms with Crippen LogP contribution in [0.5, 0.6) is 0 Å². The monoisotopic (exact) mass is 450 g/mol. The number of nitrogens with zero attached hydrogens (tertiary/aromatic N) is 2. The predicted molar refractivity (Wildman–Crippen MR) is 113 cm³/mol. The Morgan fingerprint density at radius 1 is 1.17 bits per heavy atom. The van der Waals surface area contributed by atoms with Crippen LogP contribution in [0.15, 0.2) is 27.8 Å². The fourth-order valence-corrected chi connectivity index (χ4v) is 2.57. The normalized spacial score (nSPS) is 11.9. The molecule has 1 aromatic heterocycles. The van der Waals surface area contributed by atoms with Gasteiger partial charge in [-0.25, -0.2) is 0 Å². The van der Waals surface area contributed by atoms with Gasteiger partial charge < -0.3 is 15.1 Å². The number of hydrogen-bond acceptors (Lipinski definition) is 3. The Hall–Kier alpha value is -0.760. The molecule has 0 atom stereocenters. The molecule has 0 aliphatic carbocycles. The molecule has 2 N–H and O–H groups in total. The maximum Gasteiger partial charge on any atom is 0.191 e. The lowest BCUT2D eigenvalue weighted by Crippen LogP contribution is -2.45. The molecule has 0 aliphatic rings. The maximum atomic E-state index is 5.35. The van der Waals surface area contributed by atoms with E-state index in [1.807, 2.05) is 12.1 Å². The summed E-state index contributed by atoms with van der Waals surface area (Å²) in [5.41, 5.74) is 0. The van der Waals surface area contributed by atoms with Gasteiger partial charge in [0, 0.05) is 44.7 Å². The Morgan fingerprint density at radius 3 is 2.38 bits per heavy atom. The number of nitrogens with one attached hydrogen (secondary N) is 2. The lowest BCUT2D eigenvalue weighted by Gasteiger charge is -2.30. The second-order valence-electron chi connectivity index (χ2n) is 6.34. The van der Waals surface area contributed by atoms with Gasteiger partial charge in [0.1, 0.15) is 5.76 Å². The van der Waals surface area contributed by atoms with Gasteiger partial charge >= 0.3 is 0 Å². The van der Waals surface area contributed by atoms with Gasteiger partial charge in [0.15, 0.2) is 5.96 Å². The summed E-state index contributed by atoms with van der Waals surface area (Å²) in [5, 5.41) is 6.83. The zero-order valence-corrected chi connectivity index (χ0v) is 18.2. The Balaban J connectivity index is 0.00000529. The van der Waals surface area contributed by atoms with Crippen LogP contribution >= 0.6 is 24.0 Å². The molecule has 0 amide bonds. The molecule has 0 saturated carbocycles. The Morgan fingerprint density at radius 2 is 1.83 bits per heavy atom. The minimum absolute atomic E-state index is 0. The average molecular weight is 450 g/mol. The summed E-state index contributed by atoms with van der Waals surface area (Å²) < 4.78 is 5.35. The van der Waals surface area contributed by atoms with Crippen molar-refractivity contribution in [1.29, 1.82) is 0 Å². The first kappa shape index (κ1) is 23.2. The van der Waals surface area contributed by atoms with E-state index in [0.717, 1.165) is 50.7 Å². The van der Waals surface area contributed by atoms with E-state index < -0.39 is 0 Å². The first-order valence-electron chi connectivity index (χ1n) is 8.84. The summed E-state index contributed by atoms with van der Waals surface area (Å²) in [6, 6.07) is 5.03. The lowest BCUT2D eigenvalue weighted by molar-refractivity contribution is 0.178. The van der Waals surface area contributed by atoms with Crippen LogP contribution in [0.3, 0.4) is 0 Å². The van der Waals surface area contributed by atoms with Crippen LogP contribution in [0.4, 0.5) is 0 Å². The van der Waals surface area contributed by atoms with Crippen LogP contribution in [0, 0.1) is 0 Å². The first-order valence-corrected chi connectivity index (χ1v) is 8.84. The van der Waals surface area contributed by atoms with Gasteiger partial charge in [-0.05, 0) is 46.2 Å². The van der Waals surface area contributed by atoms with E-state index in [9.17, 15) is 0 Å². The van der Waals surface area contributed by atoms with Crippen LogP contribution in [-0.2, 0) is 6.42 Å². The zero-order valence-electron chi connectivity index (χ0n) is 15.8. The molecule has 6 heteroatoms. The quantitative estimate of drug-likeness (QED) is 0.326. The standard InChI is InChI=1S/C18H34N4O.HI/c1-6-10-19-18(20-11-9-17-8-7-14-23-17)21-12-13-22(15(2)3)16(4)5;/h7-8,14-16H,6,9-13H2,1-5H3,(H2,19,20,21);1H. The molecule has 24 heavy (non-hydrogen) atoms. The molecule has 0 aliphatic heterocycles. The summed E-state index contributed by atoms with van der Waals surface area (Å²) in [5.74, 6) is 1.89. The summed E-state index contributed by atoms with van der Waals surface area (Å²) in [6.07, 6.45) is 3.63. The molecular formula is C18H35IN4O. The molecule has 1 rings (SSSR count). The third-order valence-electron chi connectivity index (χ3n) is 3.73. The van der Waals surface area contributed by atoms with Crippen LogP contribution < -0.4 is 10.6 Å². The zero-order chi connectivity index (χ0) is 17.1. The van der Waals surface area contributed by atoms with Gasteiger partial charge in [-0.15, -0.1) is 24.0 Å². The molecule has 0 aromatic carbocycles. The van der Waals surface area contributed by atoms with Crippen molar-refractivity contribution >= 4 is 29.9 Å². The van der Waals surface area contributed by atoms with Crippen LogP contribution in [-0.4, -0.2) is 49.1 Å². The molecule has 1 aromatic rings. The van der Waals surface area contributed by atoms with Crippen molar-refractivity contribution in [1.82, 2.24) is 15.5 Å². The van der Waals surface area contributed by atoms with Gasteiger partial charge in [0.25, 0.3) is 0 Å². The third-order valence-corrected chi connectivity index (χ3v) is 3.73. The smallest absolute Gasteiger partial charge is 0.191 e. The molecule has 140 valence electrons. The molecule has 0 fully saturated rings. The molecule has 0 saturated heterocycles. The number of hydrogen-bond donors (Lipinski definition) is 2. The van der Waals surface area contributed by atoms with Crippen molar-refractivity contribution in [3.63, 3.8) is 0 Å². The van der Waals surface area contributed by atoms with Crippen molar-refractivity contribution < 1.29 is 4.42 Å². The minimum atomic E-state index is 0. The highest BCUT2D eigenvalue weighted by atomic mass is 127. The van der Waals surface area contributed by atoms with Gasteiger partial charge in [-0.3, -0.25) is 9.89 Å². The number of rotatable bonds is 10. The average Bonchev–Trinajstić information content (AvgIpc) is 3.00. The van der Waals surface area contributed by atoms with Gasteiger partial charge in [-0.1, -0.05) is 6.92 Å². The van der Waals surface area contributed by atoms with E-state index in [-0.39, 0.29) is 24.0 Å². The number of guanidine groups is 1. The van der Waals surface area contributed by atoms with Crippen molar-refractivity contribution in [2.75, 3.05) is 26.2 Å². The van der Waals surface area contributed by atoms with Gasteiger partial charge in [0.2, 0.25) is 0 Å². The van der Waals surface area contributed by atoms with Gasteiger partial charge in [0.05, 0.1) is 6.26 Å². The summed E-state index contributed by atoms with van der Waals surface area (Å²) >= 11 is 0. The SMILES string of the molecule is CCCN=C(NCCc1ccco1)NCCN(C(C)C)C(C)C.I. The number of furan rings is 1. The van der Waals surface area contributed by atoms with Crippen molar-refractivity contribution in [3.8, 4) is 0 Å². The Kier molecular flexibility index (Phi) is 13.1. The predicted octanol–water partition coefficient (Wildman–Crippen LogP) is 3.50. The van der Waals surface area contributed by atoms with Gasteiger partial charge in [-0.2, -0.15) is 0 Å². The highest BCUT2D eigenvalue weighted by Crippen LogP contribution is 2.03. The summed E-state index contributed by atoms with van der Waals surface area (Å²) in [4.78, 5) is 7.07. The molecule has 0 bridgehead atoms. The topological polar surface area (TPSA) is 52.8 Å². The van der Waals surface area contributed by atoms with E-state index in [1.54, 1.807) is 6.26 Å². The Bertz CT molecular complexity index is 424. The molecule has 0 unspecified atom stereocenters. The van der Waals surface area contributed by atoms with Crippen LogP contribution in [0.25, 0.3) is 0 Å². The highest BCUT2D eigenvalue weighted by Gasteiger charge is 2.12. The first-order chi connectivity index (χ1) is 11.0. The maximum absolute atomic E-state index is 5.35. The largest absolute Gasteiger partial charge is 0.469 e. The highest BCUT2D eigenvalue weighted by molar-refractivity contribution is 14.0. The molecule has 5 nitrogen and oxygen atoms in total. The minimum Gasteiger partial charge on any atom is -0.469 e. The summed E-state index contributed by atoms with van der Waals surface area (Å²) in [7, 11) is 0. The molecule has 0 spiro atoms. The van der Waals surface area contributed by atoms with Crippen LogP contribution in [0.1, 0.15) is 46.8 Å². The lowest BCUT2D eigenvalue weighted by atomic mass is 10.2. The fraction of sp³-hybridized carbons (Fsp3) is 0.722. The fourth-order valence-electron chi connectivity index (χ4n) is 2.57. The number of halogens is 1. The van der Waals surface area contributed by atoms with Crippen molar-refractivity contribution in [2.24, 2.45) is 4.99 Å². The molecular weight excluding hydrogens is 415 g/mol. The van der Waals surface area contributed by atoms with E-state index in [1.165, 1.54) is 0 Å². The molecule has 1 heterocycles. The van der Waals surface area contributed by atoms with Crippen molar-refractivity contribution in [3.05, 3.63) is 24.2 Å². The van der Waals surface area contributed by atoms with E-state index in [0.29, 0.717) is 12.1 Å². The van der Waals surface area contributed by atoms with E-state index >= 15 is 0 Å². The molecule has 0 radical (unpaired) electrons. The second-order valence-corrected chi connectivity index (χ2v) is 6.34. The van der Waals surface area contributed by atoms with E-state index in [4.69, 9.17) is 4.42 Å². The third kappa shape index (κ3) is 9.52. The van der Waals surface area contributed by atoms with E-state index in [2.05, 4.69) is 55.1 Å². The number of aliphatic imine (C=N–C) groups is 1.